The Bertz CT molecular complexity index is 1770. The van der Waals surface area contributed by atoms with Crippen LogP contribution in [-0.2, 0) is 10.8 Å². The van der Waals surface area contributed by atoms with E-state index in [1.165, 1.54) is 49.7 Å². The van der Waals surface area contributed by atoms with Crippen LogP contribution in [0.1, 0.15) is 44.2 Å². The molecule has 1 aliphatic rings. The molecule has 1 heterocycles. The summed E-state index contributed by atoms with van der Waals surface area (Å²) < 4.78 is 0. The highest BCUT2D eigenvalue weighted by Gasteiger charge is 2.42. The number of anilines is 2. The minimum Gasteiger partial charge on any atom is -0.388 e. The zero-order chi connectivity index (χ0) is 30.5. The molecule has 0 amide bonds. The van der Waals surface area contributed by atoms with Crippen molar-refractivity contribution < 1.29 is 0 Å². The Balaban J connectivity index is 1.35. The number of rotatable bonds is 11. The molecule has 0 aliphatic carbocycles. The predicted octanol–water partition coefficient (Wildman–Crippen LogP) is 10.8. The van der Waals surface area contributed by atoms with E-state index in [4.69, 9.17) is 0 Å². The maximum absolute atomic E-state index is 4.10. The van der Waals surface area contributed by atoms with Crippen molar-refractivity contribution in [2.45, 2.75) is 43.9 Å². The molecule has 43 heavy (non-hydrogen) atoms. The first kappa shape index (κ1) is 29.9. The van der Waals surface area contributed by atoms with Crippen molar-refractivity contribution in [2.75, 3.05) is 24.3 Å². The van der Waals surface area contributed by atoms with Crippen LogP contribution >= 0.6 is 0 Å². The molecule has 0 fully saturated rings. The van der Waals surface area contributed by atoms with Crippen LogP contribution in [0.3, 0.4) is 0 Å². The number of nitrogens with zero attached hydrogens (tertiary/aromatic N) is 1. The van der Waals surface area contributed by atoms with Gasteiger partial charge < -0.3 is 10.2 Å². The maximum Gasteiger partial charge on any atom is 0.0454 e. The van der Waals surface area contributed by atoms with Crippen molar-refractivity contribution in [3.63, 3.8) is 0 Å². The summed E-state index contributed by atoms with van der Waals surface area (Å²) in [6, 6.07) is 26.2. The molecular formula is C41H44N2. The lowest BCUT2D eigenvalue weighted by Gasteiger charge is -2.31. The molecule has 2 atom stereocenters. The molecule has 4 aromatic carbocycles. The molecule has 4 aromatic rings. The summed E-state index contributed by atoms with van der Waals surface area (Å²) in [5.74, 6) is 0. The Labute approximate surface area is 258 Å². The van der Waals surface area contributed by atoms with Gasteiger partial charge in [-0.1, -0.05) is 116 Å². The molecule has 0 saturated carbocycles. The predicted molar refractivity (Wildman–Crippen MR) is 190 cm³/mol. The Morgan fingerprint density at radius 2 is 1.44 bits per heavy atom. The summed E-state index contributed by atoms with van der Waals surface area (Å²) in [6.07, 6.45) is 22.0. The summed E-state index contributed by atoms with van der Waals surface area (Å²) in [7, 11) is 4.18. The van der Waals surface area contributed by atoms with Crippen LogP contribution < -0.4 is 10.2 Å². The second kappa shape index (κ2) is 12.8. The Morgan fingerprint density at radius 1 is 0.791 bits per heavy atom. The molecule has 1 aliphatic heterocycles. The van der Waals surface area contributed by atoms with Crippen LogP contribution in [0.4, 0.5) is 11.4 Å². The smallest absolute Gasteiger partial charge is 0.0454 e. The van der Waals surface area contributed by atoms with Gasteiger partial charge >= 0.3 is 0 Å². The molecule has 0 bridgehead atoms. The van der Waals surface area contributed by atoms with Crippen LogP contribution in [0.25, 0.3) is 21.5 Å². The van der Waals surface area contributed by atoms with Crippen molar-refractivity contribution >= 4 is 32.9 Å². The number of allylic oxidation sites excluding steroid dienone is 10. The normalized spacial score (nSPS) is 19.2. The Hall–Kier alpha value is -4.56. The fraction of sp³-hybridized carbons (Fsp3) is 0.220. The molecule has 0 aromatic heterocycles. The zero-order valence-corrected chi connectivity index (χ0v) is 26.1. The summed E-state index contributed by atoms with van der Waals surface area (Å²) in [6.45, 7) is 12.9. The van der Waals surface area contributed by atoms with Crippen molar-refractivity contribution in [1.82, 2.24) is 0 Å². The van der Waals surface area contributed by atoms with E-state index in [1.54, 1.807) is 0 Å². The molecule has 218 valence electrons. The van der Waals surface area contributed by atoms with Gasteiger partial charge in [0.2, 0.25) is 0 Å². The van der Waals surface area contributed by atoms with Crippen LogP contribution in [-0.4, -0.2) is 14.1 Å². The summed E-state index contributed by atoms with van der Waals surface area (Å²) in [4.78, 5) is 2.34. The van der Waals surface area contributed by atoms with E-state index in [-0.39, 0.29) is 10.8 Å². The Morgan fingerprint density at radius 3 is 2.16 bits per heavy atom. The molecule has 2 nitrogen and oxygen atoms in total. The van der Waals surface area contributed by atoms with Crippen LogP contribution in [0, 0.1) is 0 Å². The largest absolute Gasteiger partial charge is 0.388 e. The molecule has 2 unspecified atom stereocenters. The van der Waals surface area contributed by atoms with E-state index in [2.05, 4.69) is 160 Å². The molecule has 0 radical (unpaired) electrons. The zero-order valence-electron chi connectivity index (χ0n) is 26.1. The van der Waals surface area contributed by atoms with E-state index in [0.29, 0.717) is 0 Å². The topological polar surface area (TPSA) is 15.3 Å². The molecular weight excluding hydrogens is 520 g/mol. The Kier molecular flexibility index (Phi) is 8.87. The molecule has 2 heteroatoms. The highest BCUT2D eigenvalue weighted by Crippen LogP contribution is 2.52. The maximum atomic E-state index is 4.10. The lowest BCUT2D eigenvalue weighted by molar-refractivity contribution is 0.491. The van der Waals surface area contributed by atoms with Crippen molar-refractivity contribution in [3.8, 4) is 0 Å². The van der Waals surface area contributed by atoms with E-state index >= 15 is 0 Å². The second-order valence-corrected chi connectivity index (χ2v) is 12.0. The van der Waals surface area contributed by atoms with Gasteiger partial charge in [-0.05, 0) is 77.1 Å². The van der Waals surface area contributed by atoms with E-state index in [9.17, 15) is 0 Å². The van der Waals surface area contributed by atoms with Crippen molar-refractivity contribution in [2.24, 2.45) is 0 Å². The number of nitrogens with one attached hydrogen (secondary N) is 1. The summed E-state index contributed by atoms with van der Waals surface area (Å²) in [5, 5.41) is 8.60. The van der Waals surface area contributed by atoms with Gasteiger partial charge in [-0.3, -0.25) is 0 Å². The van der Waals surface area contributed by atoms with Gasteiger partial charge in [-0.2, -0.15) is 0 Å². The monoisotopic (exact) mass is 564 g/mol. The van der Waals surface area contributed by atoms with E-state index in [1.807, 2.05) is 19.2 Å². The quantitative estimate of drug-likeness (QED) is 0.144. The van der Waals surface area contributed by atoms with Gasteiger partial charge in [0, 0.05) is 42.0 Å². The standard InChI is InChI=1S/C41H44N2/c1-7-28-40(3,38-33-21-16-14-19-31(33)24-26-35(38)42-5)30-18-12-10-9-11-13-23-37-41(4,29-8-2)39-34-22-17-15-20-32(34)25-27-36(39)43(37)6/h7-27,42H,1-2,28-30H2,3-6H3/b10-9+,13-11+,18-12+,37-23+. The first-order valence-corrected chi connectivity index (χ1v) is 15.3. The molecule has 0 spiro atoms. The van der Waals surface area contributed by atoms with Gasteiger partial charge in [0.1, 0.15) is 0 Å². The summed E-state index contributed by atoms with van der Waals surface area (Å²) >= 11 is 0. The third-order valence-corrected chi connectivity index (χ3v) is 9.10. The summed E-state index contributed by atoms with van der Waals surface area (Å²) in [5.41, 5.74) is 6.27. The van der Waals surface area contributed by atoms with Gasteiger partial charge in [-0.25, -0.2) is 0 Å². The first-order chi connectivity index (χ1) is 20.9. The second-order valence-electron chi connectivity index (χ2n) is 12.0. The van der Waals surface area contributed by atoms with Gasteiger partial charge in [0.15, 0.2) is 0 Å². The van der Waals surface area contributed by atoms with Crippen molar-refractivity contribution in [1.29, 1.82) is 0 Å². The number of hydrogen-bond acceptors (Lipinski definition) is 2. The van der Waals surface area contributed by atoms with E-state index < -0.39 is 0 Å². The fourth-order valence-corrected chi connectivity index (χ4v) is 7.02. The van der Waals surface area contributed by atoms with Gasteiger partial charge in [0.25, 0.3) is 0 Å². The minimum absolute atomic E-state index is 0.0760. The van der Waals surface area contributed by atoms with Crippen LogP contribution in [0.5, 0.6) is 0 Å². The number of benzene rings is 4. The number of fused-ring (bicyclic) bond motifs is 4. The van der Waals surface area contributed by atoms with Crippen LogP contribution in [0.2, 0.25) is 0 Å². The van der Waals surface area contributed by atoms with Crippen LogP contribution in [0.15, 0.2) is 146 Å². The number of hydrogen-bond donors (Lipinski definition) is 1. The average molecular weight is 565 g/mol. The molecule has 1 N–H and O–H groups in total. The highest BCUT2D eigenvalue weighted by atomic mass is 15.2. The van der Waals surface area contributed by atoms with Gasteiger partial charge in [-0.15, -0.1) is 13.2 Å². The SMILES string of the molecule is C=CCC(C)(C/C=C/C=C/C=C/C=C1/N(C)c2ccc3ccccc3c2C1(C)CC=C)c1c(NC)ccc2ccccc12. The number of likely N-dealkylation sites (N-methyl/N-ethyl adjacent to an activating group) is 1. The third kappa shape index (κ3) is 5.62. The lowest BCUT2D eigenvalue weighted by Crippen LogP contribution is -2.25. The fourth-order valence-electron chi connectivity index (χ4n) is 7.02. The third-order valence-electron chi connectivity index (χ3n) is 9.10. The highest BCUT2D eigenvalue weighted by molar-refractivity contribution is 5.95. The van der Waals surface area contributed by atoms with Gasteiger partial charge in [0.05, 0.1) is 0 Å². The minimum atomic E-state index is -0.135. The average Bonchev–Trinajstić information content (AvgIpc) is 3.23. The lowest BCUT2D eigenvalue weighted by atomic mass is 9.74. The molecule has 5 rings (SSSR count). The molecule has 0 saturated heterocycles. The first-order valence-electron chi connectivity index (χ1n) is 15.3. The van der Waals surface area contributed by atoms with Crippen molar-refractivity contribution in [3.05, 3.63) is 157 Å². The van der Waals surface area contributed by atoms with E-state index in [0.717, 1.165) is 19.3 Å².